The first-order chi connectivity index (χ1) is 22.1. The molecule has 0 unspecified atom stereocenters. The second kappa shape index (κ2) is 11.9. The summed E-state index contributed by atoms with van der Waals surface area (Å²) in [5.41, 5.74) is 3.78. The second-order valence-electron chi connectivity index (χ2n) is 11.9. The van der Waals surface area contributed by atoms with Crippen molar-refractivity contribution in [3.05, 3.63) is 123 Å². The standard InChI is InChI=1S/C36H28Cl4N2O4/c37-21-13-18-29(28(38)20-21)46-23-16-14-22(15-17-23)41-30(43)12-2-1-7-19-42-33(44)31-32(34(42)45)36(40)25-9-4-3-8-24(25)35(31,39)26-10-5-6-11-27(26)36/h3-6,8-11,13-18,20,31-32H,1-2,7,12,19H2,(H,41,43)/t31-,32-,35?,36?/m1/s1. The summed E-state index contributed by atoms with van der Waals surface area (Å²) in [7, 11) is 0. The molecule has 4 aliphatic rings. The van der Waals surface area contributed by atoms with E-state index in [0.717, 1.165) is 22.3 Å². The molecule has 4 aromatic rings. The highest BCUT2D eigenvalue weighted by molar-refractivity contribution is 6.36. The number of halogens is 4. The Morgan fingerprint density at radius 2 is 1.28 bits per heavy atom. The third kappa shape index (κ3) is 4.89. The lowest BCUT2D eigenvalue weighted by atomic mass is 9.54. The highest BCUT2D eigenvalue weighted by atomic mass is 35.5. The minimum Gasteiger partial charge on any atom is -0.456 e. The normalized spacial score (nSPS) is 24.0. The topological polar surface area (TPSA) is 75.7 Å². The Kier molecular flexibility index (Phi) is 8.05. The molecule has 0 spiro atoms. The van der Waals surface area contributed by atoms with Crippen LogP contribution in [0, 0.1) is 11.8 Å². The monoisotopic (exact) mass is 692 g/mol. The van der Waals surface area contributed by atoms with Gasteiger partial charge in [-0.2, -0.15) is 0 Å². The van der Waals surface area contributed by atoms with E-state index in [9.17, 15) is 14.4 Å². The molecule has 234 valence electrons. The van der Waals surface area contributed by atoms with Crippen molar-refractivity contribution in [1.82, 2.24) is 4.90 Å². The zero-order valence-electron chi connectivity index (χ0n) is 24.4. The lowest BCUT2D eigenvalue weighted by Crippen LogP contribution is -2.57. The van der Waals surface area contributed by atoms with Gasteiger partial charge >= 0.3 is 0 Å². The number of unbranched alkanes of at least 4 members (excludes halogenated alkanes) is 2. The highest BCUT2D eigenvalue weighted by Gasteiger charge is 2.72. The van der Waals surface area contributed by atoms with Crippen LogP contribution in [0.25, 0.3) is 0 Å². The van der Waals surface area contributed by atoms with Crippen molar-refractivity contribution in [2.45, 2.75) is 35.4 Å². The molecule has 3 aliphatic carbocycles. The summed E-state index contributed by atoms with van der Waals surface area (Å²) in [5, 5.41) is 3.80. The Morgan fingerprint density at radius 1 is 0.739 bits per heavy atom. The van der Waals surface area contributed by atoms with Gasteiger partial charge in [-0.05, 0) is 77.6 Å². The number of alkyl halides is 2. The van der Waals surface area contributed by atoms with Crippen molar-refractivity contribution >= 4 is 69.8 Å². The zero-order chi connectivity index (χ0) is 32.2. The Hall–Kier alpha value is -3.55. The molecule has 2 atom stereocenters. The van der Waals surface area contributed by atoms with Gasteiger partial charge in [-0.25, -0.2) is 0 Å². The lowest BCUT2D eigenvalue weighted by molar-refractivity contribution is -0.140. The third-order valence-corrected chi connectivity index (χ3v) is 11.0. The van der Waals surface area contributed by atoms with Crippen molar-refractivity contribution in [2.24, 2.45) is 11.8 Å². The van der Waals surface area contributed by atoms with Crippen molar-refractivity contribution < 1.29 is 19.1 Å². The van der Waals surface area contributed by atoms with Crippen LogP contribution in [-0.4, -0.2) is 29.2 Å². The maximum Gasteiger partial charge on any atom is 0.235 e. The van der Waals surface area contributed by atoms with Crippen LogP contribution >= 0.6 is 46.4 Å². The predicted molar refractivity (Wildman–Crippen MR) is 180 cm³/mol. The molecule has 4 aromatic carbocycles. The van der Waals surface area contributed by atoms with Gasteiger partial charge < -0.3 is 10.1 Å². The van der Waals surface area contributed by atoms with E-state index in [2.05, 4.69) is 5.32 Å². The molecule has 0 saturated carbocycles. The Morgan fingerprint density at radius 3 is 1.80 bits per heavy atom. The molecular weight excluding hydrogens is 666 g/mol. The molecular formula is C36H28Cl4N2O4. The van der Waals surface area contributed by atoms with Gasteiger partial charge in [0.2, 0.25) is 17.7 Å². The van der Waals surface area contributed by atoms with Gasteiger partial charge in [-0.3, -0.25) is 19.3 Å². The SMILES string of the molecule is O=C(CCCCCN1C(=O)[C@H]2[C@H](C1=O)C1(Cl)c3ccccc3C2(Cl)c2ccccc21)Nc1ccc(Oc2ccc(Cl)cc2Cl)cc1. The number of nitrogens with zero attached hydrogens (tertiary/aromatic N) is 1. The fraction of sp³-hybridized carbons (Fsp3) is 0.250. The molecule has 2 bridgehead atoms. The van der Waals surface area contributed by atoms with Crippen molar-refractivity contribution in [3.8, 4) is 11.5 Å². The molecule has 1 N–H and O–H groups in total. The number of rotatable bonds is 9. The summed E-state index contributed by atoms with van der Waals surface area (Å²) in [5.74, 6) is -1.26. The first-order valence-corrected chi connectivity index (χ1v) is 16.6. The van der Waals surface area contributed by atoms with Gasteiger partial charge in [0.25, 0.3) is 0 Å². The number of ether oxygens (including phenoxy) is 1. The van der Waals surface area contributed by atoms with E-state index in [1.165, 1.54) is 4.90 Å². The number of carbonyl (C=O) groups is 3. The van der Waals surface area contributed by atoms with E-state index in [1.54, 1.807) is 42.5 Å². The average Bonchev–Trinajstić information content (AvgIpc) is 3.32. The number of imide groups is 1. The smallest absolute Gasteiger partial charge is 0.235 e. The van der Waals surface area contributed by atoms with Gasteiger partial charge in [-0.1, -0.05) is 78.2 Å². The zero-order valence-corrected chi connectivity index (χ0v) is 27.5. The van der Waals surface area contributed by atoms with Crippen LogP contribution in [-0.2, 0) is 24.1 Å². The molecule has 8 rings (SSSR count). The summed E-state index contributed by atoms with van der Waals surface area (Å²) >= 11 is 27.1. The molecule has 3 amide bonds. The lowest BCUT2D eigenvalue weighted by Gasteiger charge is -2.54. The number of anilines is 1. The van der Waals surface area contributed by atoms with Gasteiger partial charge in [0, 0.05) is 23.7 Å². The number of benzene rings is 4. The van der Waals surface area contributed by atoms with Crippen LogP contribution in [0.4, 0.5) is 5.69 Å². The van der Waals surface area contributed by atoms with E-state index in [0.29, 0.717) is 52.9 Å². The average molecular weight is 694 g/mol. The molecule has 1 heterocycles. The molecule has 0 aromatic heterocycles. The molecule has 0 radical (unpaired) electrons. The fourth-order valence-corrected chi connectivity index (χ4v) is 8.74. The third-order valence-electron chi connectivity index (χ3n) is 9.22. The predicted octanol–water partition coefficient (Wildman–Crippen LogP) is 8.88. The van der Waals surface area contributed by atoms with Gasteiger partial charge in [0.15, 0.2) is 0 Å². The van der Waals surface area contributed by atoms with Gasteiger partial charge in [0.1, 0.15) is 21.2 Å². The van der Waals surface area contributed by atoms with Crippen LogP contribution in [0.1, 0.15) is 47.9 Å². The van der Waals surface area contributed by atoms with Crippen molar-refractivity contribution in [2.75, 3.05) is 11.9 Å². The number of amides is 3. The Labute approximate surface area is 286 Å². The van der Waals surface area contributed by atoms with E-state index < -0.39 is 21.6 Å². The number of carbonyl (C=O) groups excluding carboxylic acids is 3. The maximum atomic E-state index is 13.9. The number of hydrogen-bond acceptors (Lipinski definition) is 4. The minimum absolute atomic E-state index is 0.131. The summed E-state index contributed by atoms with van der Waals surface area (Å²) in [6.07, 6.45) is 2.12. The Bertz CT molecular complexity index is 1760. The van der Waals surface area contributed by atoms with Crippen LogP contribution in [0.2, 0.25) is 10.0 Å². The molecule has 46 heavy (non-hydrogen) atoms. The van der Waals surface area contributed by atoms with E-state index in [1.807, 2.05) is 48.5 Å². The van der Waals surface area contributed by atoms with Crippen LogP contribution < -0.4 is 10.1 Å². The van der Waals surface area contributed by atoms with Crippen LogP contribution in [0.15, 0.2) is 91.0 Å². The summed E-state index contributed by atoms with van der Waals surface area (Å²) in [4.78, 5) is 39.4. The van der Waals surface area contributed by atoms with Crippen molar-refractivity contribution in [1.29, 1.82) is 0 Å². The molecule has 6 nitrogen and oxygen atoms in total. The van der Waals surface area contributed by atoms with Crippen LogP contribution in [0.3, 0.4) is 0 Å². The largest absolute Gasteiger partial charge is 0.456 e. The first kappa shape index (κ1) is 31.1. The molecule has 1 aliphatic heterocycles. The Balaban J connectivity index is 0.949. The number of likely N-dealkylation sites (tertiary alicyclic amines) is 1. The number of nitrogens with one attached hydrogen (secondary N) is 1. The quantitative estimate of drug-likeness (QED) is 0.108. The molecule has 1 saturated heterocycles. The van der Waals surface area contributed by atoms with Crippen LogP contribution in [0.5, 0.6) is 11.5 Å². The van der Waals surface area contributed by atoms with Gasteiger partial charge in [-0.15, -0.1) is 23.2 Å². The summed E-state index contributed by atoms with van der Waals surface area (Å²) in [6, 6.07) is 27.2. The number of hydrogen-bond donors (Lipinski definition) is 1. The fourth-order valence-electron chi connectivity index (χ4n) is 7.19. The second-order valence-corrected chi connectivity index (χ2v) is 13.9. The van der Waals surface area contributed by atoms with Crippen molar-refractivity contribution in [3.63, 3.8) is 0 Å². The summed E-state index contributed by atoms with van der Waals surface area (Å²) < 4.78 is 5.79. The minimum atomic E-state index is -1.18. The van der Waals surface area contributed by atoms with E-state index >= 15 is 0 Å². The van der Waals surface area contributed by atoms with E-state index in [-0.39, 0.29) is 24.3 Å². The molecule has 10 heteroatoms. The summed E-state index contributed by atoms with van der Waals surface area (Å²) in [6.45, 7) is 0.248. The highest BCUT2D eigenvalue weighted by Crippen LogP contribution is 2.69. The first-order valence-electron chi connectivity index (χ1n) is 15.1. The molecule has 1 fully saturated rings. The van der Waals surface area contributed by atoms with Gasteiger partial charge in [0.05, 0.1) is 16.9 Å². The van der Waals surface area contributed by atoms with E-state index in [4.69, 9.17) is 51.1 Å². The maximum absolute atomic E-state index is 13.9.